The Kier molecular flexibility index (Phi) is 2.67. The molecule has 0 bridgehead atoms. The van der Waals surface area contributed by atoms with E-state index in [1.165, 1.54) is 10.9 Å². The smallest absolute Gasteiger partial charge is 0.121 e. The minimum Gasteiger partial charge on any atom is -0.497 e. The van der Waals surface area contributed by atoms with Crippen LogP contribution in [-0.4, -0.2) is 11.7 Å². The average molecular weight is 252 g/mol. The molecule has 3 nitrogen and oxygen atoms in total. The number of nitrogen functional groups attached to an aromatic ring is 1. The zero-order chi connectivity index (χ0) is 13.4. The molecule has 0 atom stereocenters. The Morgan fingerprint density at radius 2 is 1.89 bits per heavy atom. The Bertz CT molecular complexity index is 744. The highest BCUT2D eigenvalue weighted by Gasteiger charge is 2.09. The van der Waals surface area contributed by atoms with E-state index < -0.39 is 0 Å². The van der Waals surface area contributed by atoms with Gasteiger partial charge in [0.2, 0.25) is 0 Å². The number of hydrogen-bond donors (Lipinski definition) is 1. The topological polar surface area (TPSA) is 40.2 Å². The van der Waals surface area contributed by atoms with E-state index in [0.29, 0.717) is 5.69 Å². The molecule has 0 radical (unpaired) electrons. The lowest BCUT2D eigenvalue weighted by molar-refractivity contribution is 0.415. The van der Waals surface area contributed by atoms with E-state index in [2.05, 4.69) is 35.9 Å². The summed E-state index contributed by atoms with van der Waals surface area (Å²) >= 11 is 0. The van der Waals surface area contributed by atoms with Crippen LogP contribution in [0.5, 0.6) is 5.75 Å². The summed E-state index contributed by atoms with van der Waals surface area (Å²) in [5.74, 6) is 0.773. The van der Waals surface area contributed by atoms with Crippen LogP contribution in [-0.2, 0) is 0 Å². The monoisotopic (exact) mass is 252 g/mol. The van der Waals surface area contributed by atoms with Crippen LogP contribution in [0.15, 0.2) is 48.7 Å². The number of aryl methyl sites for hydroxylation is 1. The molecule has 0 saturated heterocycles. The minimum absolute atomic E-state index is 0.708. The number of hydrogen-bond acceptors (Lipinski definition) is 2. The molecule has 2 aromatic carbocycles. The number of rotatable bonds is 2. The predicted molar refractivity (Wildman–Crippen MR) is 79.0 cm³/mol. The molecule has 3 rings (SSSR count). The van der Waals surface area contributed by atoms with Crippen LogP contribution in [0.4, 0.5) is 5.69 Å². The van der Waals surface area contributed by atoms with E-state index in [-0.39, 0.29) is 0 Å². The zero-order valence-electron chi connectivity index (χ0n) is 11.1. The fraction of sp³-hybridized carbons (Fsp3) is 0.125. The second kappa shape index (κ2) is 4.35. The molecule has 2 N–H and O–H groups in total. The average Bonchev–Trinajstić information content (AvgIpc) is 2.76. The van der Waals surface area contributed by atoms with Crippen LogP contribution in [0.1, 0.15) is 5.56 Å². The van der Waals surface area contributed by atoms with Gasteiger partial charge in [0.1, 0.15) is 5.75 Å². The van der Waals surface area contributed by atoms with Crippen LogP contribution in [0.25, 0.3) is 16.6 Å². The molecule has 0 aliphatic carbocycles. The van der Waals surface area contributed by atoms with Crippen LogP contribution in [0.2, 0.25) is 0 Å². The summed E-state index contributed by atoms with van der Waals surface area (Å²) in [7, 11) is 1.64. The van der Waals surface area contributed by atoms with Crippen molar-refractivity contribution in [3.05, 3.63) is 54.2 Å². The highest BCUT2D eigenvalue weighted by molar-refractivity contribution is 5.86. The number of methoxy groups -OCH3 is 1. The Morgan fingerprint density at radius 1 is 1.11 bits per heavy atom. The van der Waals surface area contributed by atoms with Gasteiger partial charge in [-0.05, 0) is 30.7 Å². The number of nitrogens with two attached hydrogens (primary N) is 1. The van der Waals surface area contributed by atoms with Gasteiger partial charge in [0.15, 0.2) is 0 Å². The first kappa shape index (κ1) is 11.7. The van der Waals surface area contributed by atoms with E-state index >= 15 is 0 Å². The molecule has 0 fully saturated rings. The van der Waals surface area contributed by atoms with Gasteiger partial charge in [-0.3, -0.25) is 0 Å². The Labute approximate surface area is 112 Å². The summed E-state index contributed by atoms with van der Waals surface area (Å²) in [5, 5.41) is 1.25. The summed E-state index contributed by atoms with van der Waals surface area (Å²) in [6.07, 6.45) is 2.11. The maximum absolute atomic E-state index is 6.13. The molecule has 3 aromatic rings. The molecule has 19 heavy (non-hydrogen) atoms. The minimum atomic E-state index is 0.708. The normalized spacial score (nSPS) is 10.8. The summed E-state index contributed by atoms with van der Waals surface area (Å²) in [6.45, 7) is 2.11. The fourth-order valence-electron chi connectivity index (χ4n) is 2.43. The molecule has 1 aromatic heterocycles. The van der Waals surface area contributed by atoms with Crippen LogP contribution >= 0.6 is 0 Å². The molecular weight excluding hydrogens is 236 g/mol. The van der Waals surface area contributed by atoms with E-state index in [0.717, 1.165) is 17.0 Å². The predicted octanol–water partition coefficient (Wildman–Crippen LogP) is 3.53. The zero-order valence-corrected chi connectivity index (χ0v) is 11.1. The third-order valence-corrected chi connectivity index (χ3v) is 3.41. The fourth-order valence-corrected chi connectivity index (χ4v) is 2.43. The first-order chi connectivity index (χ1) is 9.20. The number of anilines is 1. The summed E-state index contributed by atoms with van der Waals surface area (Å²) in [6, 6.07) is 14.1. The summed E-state index contributed by atoms with van der Waals surface area (Å²) in [5.41, 5.74) is 10.2. The second-order valence-electron chi connectivity index (χ2n) is 4.62. The Hall–Kier alpha value is -2.42. The number of fused-ring (bicyclic) bond motifs is 1. The highest BCUT2D eigenvalue weighted by Crippen LogP contribution is 2.29. The molecule has 0 aliphatic heterocycles. The van der Waals surface area contributed by atoms with Gasteiger partial charge in [0.05, 0.1) is 24.0 Å². The number of nitrogens with zero attached hydrogens (tertiary/aromatic N) is 1. The van der Waals surface area contributed by atoms with Crippen molar-refractivity contribution in [1.82, 2.24) is 4.57 Å². The second-order valence-corrected chi connectivity index (χ2v) is 4.62. The van der Waals surface area contributed by atoms with Crippen LogP contribution in [0.3, 0.4) is 0 Å². The van der Waals surface area contributed by atoms with Crippen molar-refractivity contribution in [3.8, 4) is 11.4 Å². The highest BCUT2D eigenvalue weighted by atomic mass is 16.5. The molecule has 96 valence electrons. The third-order valence-electron chi connectivity index (χ3n) is 3.41. The molecule has 0 aliphatic rings. The number of benzene rings is 2. The molecule has 0 amide bonds. The van der Waals surface area contributed by atoms with Crippen molar-refractivity contribution >= 4 is 16.6 Å². The van der Waals surface area contributed by atoms with Gasteiger partial charge in [-0.1, -0.05) is 18.2 Å². The van der Waals surface area contributed by atoms with Gasteiger partial charge in [0.25, 0.3) is 0 Å². The van der Waals surface area contributed by atoms with Gasteiger partial charge in [-0.2, -0.15) is 0 Å². The summed E-state index contributed by atoms with van der Waals surface area (Å²) < 4.78 is 7.31. The maximum atomic E-state index is 6.13. The standard InChI is InChI=1S/C16H16N2O/c1-11-10-18(15-6-4-3-5-13(11)15)16-8-7-12(19-2)9-14(16)17/h3-10H,17H2,1-2H3. The quantitative estimate of drug-likeness (QED) is 0.709. The van der Waals surface area contributed by atoms with Gasteiger partial charge >= 0.3 is 0 Å². The Balaban J connectivity index is 2.25. The lowest BCUT2D eigenvalue weighted by Crippen LogP contribution is -1.99. The van der Waals surface area contributed by atoms with E-state index in [9.17, 15) is 0 Å². The van der Waals surface area contributed by atoms with Crippen molar-refractivity contribution in [2.24, 2.45) is 0 Å². The van der Waals surface area contributed by atoms with Crippen molar-refractivity contribution in [3.63, 3.8) is 0 Å². The maximum Gasteiger partial charge on any atom is 0.121 e. The lowest BCUT2D eigenvalue weighted by Gasteiger charge is -2.10. The SMILES string of the molecule is COc1ccc(-n2cc(C)c3ccccc32)c(N)c1. The van der Waals surface area contributed by atoms with Crippen molar-refractivity contribution in [1.29, 1.82) is 0 Å². The first-order valence-corrected chi connectivity index (χ1v) is 6.21. The van der Waals surface area contributed by atoms with Gasteiger partial charge in [-0.25, -0.2) is 0 Å². The Morgan fingerprint density at radius 3 is 2.63 bits per heavy atom. The molecule has 0 saturated carbocycles. The number of ether oxygens (including phenoxy) is 1. The van der Waals surface area contributed by atoms with Crippen molar-refractivity contribution in [2.75, 3.05) is 12.8 Å². The summed E-state index contributed by atoms with van der Waals surface area (Å²) in [4.78, 5) is 0. The van der Waals surface area contributed by atoms with Crippen LogP contribution < -0.4 is 10.5 Å². The molecule has 0 unspecified atom stereocenters. The largest absolute Gasteiger partial charge is 0.497 e. The van der Waals surface area contributed by atoms with E-state index in [1.54, 1.807) is 7.11 Å². The molecule has 1 heterocycles. The van der Waals surface area contributed by atoms with E-state index in [1.807, 2.05) is 24.3 Å². The number of para-hydroxylation sites is 1. The van der Waals surface area contributed by atoms with Gasteiger partial charge in [0, 0.05) is 17.6 Å². The molecule has 3 heteroatoms. The van der Waals surface area contributed by atoms with Gasteiger partial charge < -0.3 is 15.0 Å². The molecule has 0 spiro atoms. The molecular formula is C16H16N2O. The van der Waals surface area contributed by atoms with Crippen molar-refractivity contribution in [2.45, 2.75) is 6.92 Å². The lowest BCUT2D eigenvalue weighted by atomic mass is 10.2. The first-order valence-electron chi connectivity index (χ1n) is 6.21. The third kappa shape index (κ3) is 1.83. The van der Waals surface area contributed by atoms with Crippen molar-refractivity contribution < 1.29 is 4.74 Å². The van der Waals surface area contributed by atoms with E-state index in [4.69, 9.17) is 10.5 Å². The van der Waals surface area contributed by atoms with Crippen LogP contribution in [0, 0.1) is 6.92 Å². The number of aromatic nitrogens is 1. The van der Waals surface area contributed by atoms with Gasteiger partial charge in [-0.15, -0.1) is 0 Å².